The van der Waals surface area contributed by atoms with Gasteiger partial charge in [-0.05, 0) is 30.4 Å². The summed E-state index contributed by atoms with van der Waals surface area (Å²) < 4.78 is 5.20. The quantitative estimate of drug-likeness (QED) is 0.655. The number of hydrogen-bond acceptors (Lipinski definition) is 4. The van der Waals surface area contributed by atoms with Crippen LogP contribution in [0.4, 0.5) is 5.69 Å². The Morgan fingerprint density at radius 1 is 1.16 bits per heavy atom. The van der Waals surface area contributed by atoms with E-state index in [-0.39, 0.29) is 54.4 Å². The summed E-state index contributed by atoms with van der Waals surface area (Å²) in [5.74, 6) is 0.0655. The minimum Gasteiger partial charge on any atom is -0.495 e. The number of allylic oxidation sites excluding steroid dienone is 2. The first-order valence-corrected chi connectivity index (χ1v) is 8.56. The molecule has 1 aliphatic heterocycles. The van der Waals surface area contributed by atoms with Crippen molar-refractivity contribution >= 4 is 23.4 Å². The Kier molecular flexibility index (Phi) is 3.82. The van der Waals surface area contributed by atoms with Gasteiger partial charge in [-0.1, -0.05) is 24.3 Å². The zero-order chi connectivity index (χ0) is 17.6. The third-order valence-corrected chi connectivity index (χ3v) is 5.51. The Bertz CT molecular complexity index is 742. The smallest absolute Gasteiger partial charge is 0.233 e. The fraction of sp³-hybridized carbons (Fsp3) is 0.421. The molecule has 0 aromatic heterocycles. The van der Waals surface area contributed by atoms with Gasteiger partial charge >= 0.3 is 0 Å². The molecule has 3 amide bonds. The normalized spacial score (nSPS) is 29.2. The number of hydrogen-bond donors (Lipinski definition) is 1. The number of para-hydroxylation sites is 2. The van der Waals surface area contributed by atoms with Crippen molar-refractivity contribution in [2.45, 2.75) is 12.8 Å². The van der Waals surface area contributed by atoms with Crippen LogP contribution in [0, 0.1) is 23.7 Å². The Balaban J connectivity index is 1.38. The van der Waals surface area contributed by atoms with E-state index in [1.807, 2.05) is 6.07 Å². The molecule has 2 fully saturated rings. The molecule has 0 spiro atoms. The molecule has 130 valence electrons. The van der Waals surface area contributed by atoms with Gasteiger partial charge in [-0.2, -0.15) is 0 Å². The molecule has 1 aromatic rings. The van der Waals surface area contributed by atoms with Gasteiger partial charge in [0.1, 0.15) is 5.75 Å². The summed E-state index contributed by atoms with van der Waals surface area (Å²) in [7, 11) is 1.54. The van der Waals surface area contributed by atoms with E-state index in [1.165, 1.54) is 12.0 Å². The number of ether oxygens (including phenoxy) is 1. The molecule has 6 nitrogen and oxygen atoms in total. The predicted octanol–water partition coefficient (Wildman–Crippen LogP) is 1.83. The Hall–Kier alpha value is -2.63. The maximum Gasteiger partial charge on any atom is 0.233 e. The zero-order valence-corrected chi connectivity index (χ0v) is 14.0. The van der Waals surface area contributed by atoms with Crippen LogP contribution in [0.2, 0.25) is 0 Å². The van der Waals surface area contributed by atoms with Crippen molar-refractivity contribution in [3.8, 4) is 5.75 Å². The number of carbonyl (C=O) groups is 3. The number of methoxy groups -OCH3 is 1. The average Bonchev–Trinajstić information content (AvgIpc) is 3.28. The van der Waals surface area contributed by atoms with Crippen molar-refractivity contribution < 1.29 is 19.1 Å². The minimum atomic E-state index is -0.247. The molecular formula is C19H20N2O4. The standard InChI is InChI=1S/C19H20N2O4/c1-25-14-5-3-2-4-13(14)20-15(22)8-9-21-18(23)16-11-6-7-12(10-11)17(16)19(21)24/h2-7,11-12,16-17H,8-10H2,1H3,(H,20,22)/t11-,12+,16+,17-. The molecule has 0 radical (unpaired) electrons. The number of fused-ring (bicyclic) bond motifs is 5. The summed E-state index contributed by atoms with van der Waals surface area (Å²) in [4.78, 5) is 38.6. The molecular weight excluding hydrogens is 320 g/mol. The van der Waals surface area contributed by atoms with Gasteiger partial charge in [0.15, 0.2) is 0 Å². The monoisotopic (exact) mass is 340 g/mol. The summed E-state index contributed by atoms with van der Waals surface area (Å²) >= 11 is 0. The molecule has 3 aliphatic rings. The van der Waals surface area contributed by atoms with E-state index in [9.17, 15) is 14.4 Å². The largest absolute Gasteiger partial charge is 0.495 e. The van der Waals surface area contributed by atoms with Crippen molar-refractivity contribution in [1.29, 1.82) is 0 Å². The lowest BCUT2D eigenvalue weighted by atomic mass is 9.85. The van der Waals surface area contributed by atoms with Gasteiger partial charge in [0.2, 0.25) is 17.7 Å². The molecule has 1 heterocycles. The predicted molar refractivity (Wildman–Crippen MR) is 90.7 cm³/mol. The van der Waals surface area contributed by atoms with E-state index in [0.717, 1.165) is 6.42 Å². The molecule has 1 saturated heterocycles. The number of imide groups is 1. The van der Waals surface area contributed by atoms with Gasteiger partial charge < -0.3 is 10.1 Å². The highest BCUT2D eigenvalue weighted by Crippen LogP contribution is 2.52. The molecule has 0 unspecified atom stereocenters. The SMILES string of the molecule is COc1ccccc1NC(=O)CCN1C(=O)[C@@H]2[C@H](C1=O)[C@H]1C=C[C@@H]2C1. The van der Waals surface area contributed by atoms with Gasteiger partial charge in [0.25, 0.3) is 0 Å². The first kappa shape index (κ1) is 15.9. The second-order valence-electron chi connectivity index (χ2n) is 6.83. The van der Waals surface area contributed by atoms with Gasteiger partial charge in [-0.25, -0.2) is 0 Å². The van der Waals surface area contributed by atoms with Crippen LogP contribution in [-0.2, 0) is 14.4 Å². The number of nitrogens with zero attached hydrogens (tertiary/aromatic N) is 1. The van der Waals surface area contributed by atoms with Gasteiger partial charge in [-0.15, -0.1) is 0 Å². The summed E-state index contributed by atoms with van der Waals surface area (Å²) in [6.45, 7) is 0.130. The van der Waals surface area contributed by atoms with Gasteiger partial charge in [-0.3, -0.25) is 19.3 Å². The second kappa shape index (κ2) is 6.02. The van der Waals surface area contributed by atoms with Crippen LogP contribution < -0.4 is 10.1 Å². The van der Waals surface area contributed by atoms with E-state index in [1.54, 1.807) is 18.2 Å². The molecule has 1 N–H and O–H groups in total. The molecule has 25 heavy (non-hydrogen) atoms. The lowest BCUT2D eigenvalue weighted by molar-refractivity contribution is -0.140. The lowest BCUT2D eigenvalue weighted by Crippen LogP contribution is -2.35. The van der Waals surface area contributed by atoms with E-state index in [0.29, 0.717) is 11.4 Å². The topological polar surface area (TPSA) is 75.7 Å². The second-order valence-corrected chi connectivity index (χ2v) is 6.83. The van der Waals surface area contributed by atoms with Crippen LogP contribution in [-0.4, -0.2) is 36.3 Å². The Labute approximate surface area is 145 Å². The van der Waals surface area contributed by atoms with E-state index < -0.39 is 0 Å². The van der Waals surface area contributed by atoms with E-state index in [4.69, 9.17) is 4.74 Å². The van der Waals surface area contributed by atoms with Crippen LogP contribution in [0.3, 0.4) is 0 Å². The average molecular weight is 340 g/mol. The van der Waals surface area contributed by atoms with Crippen molar-refractivity contribution in [1.82, 2.24) is 4.90 Å². The van der Waals surface area contributed by atoms with Crippen molar-refractivity contribution in [2.24, 2.45) is 23.7 Å². The summed E-state index contributed by atoms with van der Waals surface area (Å²) in [5.41, 5.74) is 0.577. The third kappa shape index (κ3) is 2.52. The molecule has 2 aliphatic carbocycles. The number of anilines is 1. The van der Waals surface area contributed by atoms with Gasteiger partial charge in [0.05, 0.1) is 24.6 Å². The fourth-order valence-electron chi connectivity index (χ4n) is 4.36. The third-order valence-electron chi connectivity index (χ3n) is 5.51. The summed E-state index contributed by atoms with van der Waals surface area (Å²) in [6.07, 6.45) is 5.12. The summed E-state index contributed by atoms with van der Waals surface area (Å²) in [5, 5.41) is 2.77. The zero-order valence-electron chi connectivity index (χ0n) is 14.0. The van der Waals surface area contributed by atoms with Crippen LogP contribution in [0.25, 0.3) is 0 Å². The van der Waals surface area contributed by atoms with Crippen molar-refractivity contribution in [3.63, 3.8) is 0 Å². The molecule has 2 bridgehead atoms. The highest BCUT2D eigenvalue weighted by molar-refractivity contribution is 6.06. The fourth-order valence-corrected chi connectivity index (χ4v) is 4.36. The molecule has 6 heteroatoms. The minimum absolute atomic E-state index is 0.0811. The van der Waals surface area contributed by atoms with E-state index in [2.05, 4.69) is 17.5 Å². The number of likely N-dealkylation sites (tertiary alicyclic amines) is 1. The maximum atomic E-state index is 12.6. The Morgan fingerprint density at radius 3 is 2.44 bits per heavy atom. The number of rotatable bonds is 5. The number of nitrogens with one attached hydrogen (secondary N) is 1. The highest BCUT2D eigenvalue weighted by Gasteiger charge is 2.58. The van der Waals surface area contributed by atoms with Crippen molar-refractivity contribution in [3.05, 3.63) is 36.4 Å². The number of amides is 3. The first-order valence-electron chi connectivity index (χ1n) is 8.56. The van der Waals surface area contributed by atoms with Gasteiger partial charge in [0, 0.05) is 13.0 Å². The Morgan fingerprint density at radius 2 is 1.80 bits per heavy atom. The molecule has 4 atom stereocenters. The molecule has 4 rings (SSSR count). The number of benzene rings is 1. The van der Waals surface area contributed by atoms with Crippen LogP contribution in [0.5, 0.6) is 5.75 Å². The lowest BCUT2D eigenvalue weighted by Gasteiger charge is -2.17. The van der Waals surface area contributed by atoms with Crippen LogP contribution >= 0.6 is 0 Å². The number of carbonyl (C=O) groups excluding carboxylic acids is 3. The maximum absolute atomic E-state index is 12.6. The van der Waals surface area contributed by atoms with Crippen LogP contribution in [0.1, 0.15) is 12.8 Å². The van der Waals surface area contributed by atoms with E-state index >= 15 is 0 Å². The van der Waals surface area contributed by atoms with Crippen LogP contribution in [0.15, 0.2) is 36.4 Å². The highest BCUT2D eigenvalue weighted by atomic mass is 16.5. The summed E-state index contributed by atoms with van der Waals surface area (Å²) in [6, 6.07) is 7.12. The molecule has 1 aromatic carbocycles. The molecule has 1 saturated carbocycles. The van der Waals surface area contributed by atoms with Crippen molar-refractivity contribution in [2.75, 3.05) is 19.0 Å². The first-order chi connectivity index (χ1) is 12.1.